The van der Waals surface area contributed by atoms with Gasteiger partial charge in [0.25, 0.3) is 0 Å². The SMILES string of the molecule is O=C(NCCC[C@@H]1NC(=O)C2(CCN(CCc3ccccc3)CC2)N(Cc2cccnc2)C1=O)OCc1ccccc1. The van der Waals surface area contributed by atoms with Crippen molar-refractivity contribution in [2.75, 3.05) is 26.2 Å². The van der Waals surface area contributed by atoms with Crippen LogP contribution in [0.25, 0.3) is 0 Å². The zero-order valence-corrected chi connectivity index (χ0v) is 23.9. The van der Waals surface area contributed by atoms with E-state index in [2.05, 4.69) is 44.8 Å². The number of nitrogens with one attached hydrogen (secondary N) is 2. The molecule has 9 heteroatoms. The van der Waals surface area contributed by atoms with Crippen LogP contribution in [0.15, 0.2) is 85.2 Å². The summed E-state index contributed by atoms with van der Waals surface area (Å²) in [5, 5.41) is 5.78. The fourth-order valence-corrected chi connectivity index (χ4v) is 5.82. The summed E-state index contributed by atoms with van der Waals surface area (Å²) in [6.45, 7) is 3.29. The van der Waals surface area contributed by atoms with Gasteiger partial charge in [0, 0.05) is 45.1 Å². The van der Waals surface area contributed by atoms with Crippen molar-refractivity contribution >= 4 is 17.9 Å². The number of carbonyl (C=O) groups is 3. The van der Waals surface area contributed by atoms with Crippen LogP contribution in [0.2, 0.25) is 0 Å². The van der Waals surface area contributed by atoms with Gasteiger partial charge in [-0.15, -0.1) is 0 Å². The Labute approximate surface area is 247 Å². The molecule has 0 bridgehead atoms. The first-order chi connectivity index (χ1) is 20.5. The molecule has 2 saturated heterocycles. The molecule has 2 fully saturated rings. The fraction of sp³-hybridized carbons (Fsp3) is 0.394. The number of benzene rings is 2. The van der Waals surface area contributed by atoms with E-state index < -0.39 is 17.7 Å². The number of piperazine rings is 1. The molecule has 0 aliphatic carbocycles. The maximum absolute atomic E-state index is 13.9. The third-order valence-corrected chi connectivity index (χ3v) is 8.27. The number of hydrogen-bond donors (Lipinski definition) is 2. The van der Waals surface area contributed by atoms with Crippen LogP contribution >= 0.6 is 0 Å². The molecular formula is C33H39N5O4. The lowest BCUT2D eigenvalue weighted by molar-refractivity contribution is -0.162. The summed E-state index contributed by atoms with van der Waals surface area (Å²) < 4.78 is 5.26. The van der Waals surface area contributed by atoms with Crippen molar-refractivity contribution in [1.82, 2.24) is 25.4 Å². The molecule has 0 radical (unpaired) electrons. The lowest BCUT2D eigenvalue weighted by Crippen LogP contribution is -2.72. The topological polar surface area (TPSA) is 104 Å². The standard InChI is InChI=1S/C33H39N5O4/c39-30-29(14-8-19-35-32(41)42-25-27-11-5-2-6-12-27)36-31(40)33(38(30)24-28-13-7-18-34-23-28)16-21-37(22-17-33)20-15-26-9-3-1-4-10-26/h1-7,9-13,18,23,29H,8,14-17,19-22,24-25H2,(H,35,41)(H,36,40)/t29-/m0/s1. The summed E-state index contributed by atoms with van der Waals surface area (Å²) in [7, 11) is 0. The number of piperidine rings is 1. The van der Waals surface area contributed by atoms with E-state index in [0.717, 1.165) is 37.2 Å². The third-order valence-electron chi connectivity index (χ3n) is 8.27. The second kappa shape index (κ2) is 14.1. The molecule has 2 N–H and O–H groups in total. The molecule has 0 saturated carbocycles. The van der Waals surface area contributed by atoms with Gasteiger partial charge in [0.05, 0.1) is 0 Å². The van der Waals surface area contributed by atoms with Gasteiger partial charge in [-0.1, -0.05) is 66.7 Å². The minimum absolute atomic E-state index is 0.0807. The highest BCUT2D eigenvalue weighted by Crippen LogP contribution is 2.35. The first-order valence-electron chi connectivity index (χ1n) is 14.8. The van der Waals surface area contributed by atoms with Crippen LogP contribution in [0.4, 0.5) is 4.79 Å². The average molecular weight is 570 g/mol. The van der Waals surface area contributed by atoms with Crippen LogP contribution < -0.4 is 10.6 Å². The molecule has 9 nitrogen and oxygen atoms in total. The molecule has 1 atom stereocenters. The molecule has 5 rings (SSSR count). The summed E-state index contributed by atoms with van der Waals surface area (Å²) in [6, 6.07) is 23.0. The number of ether oxygens (including phenoxy) is 1. The molecule has 3 heterocycles. The zero-order valence-electron chi connectivity index (χ0n) is 23.9. The number of nitrogens with zero attached hydrogens (tertiary/aromatic N) is 3. The summed E-state index contributed by atoms with van der Waals surface area (Å²) in [5.74, 6) is -0.170. The van der Waals surface area contributed by atoms with Gasteiger partial charge in [-0.05, 0) is 54.9 Å². The molecule has 1 spiro atoms. The Kier molecular flexibility index (Phi) is 9.82. The summed E-state index contributed by atoms with van der Waals surface area (Å²) in [6.07, 6.45) is 6.02. The number of likely N-dealkylation sites (tertiary alicyclic amines) is 1. The first kappa shape index (κ1) is 29.3. The number of alkyl carbamates (subject to hydrolysis) is 1. The van der Waals surface area contributed by atoms with Crippen molar-refractivity contribution < 1.29 is 19.1 Å². The Morgan fingerprint density at radius 1 is 0.952 bits per heavy atom. The van der Waals surface area contributed by atoms with Crippen molar-refractivity contribution in [1.29, 1.82) is 0 Å². The minimum Gasteiger partial charge on any atom is -0.445 e. The van der Waals surface area contributed by atoms with Crippen LogP contribution in [0.3, 0.4) is 0 Å². The van der Waals surface area contributed by atoms with E-state index in [1.54, 1.807) is 17.3 Å². The molecule has 1 aromatic heterocycles. The van der Waals surface area contributed by atoms with E-state index >= 15 is 0 Å². The second-order valence-corrected chi connectivity index (χ2v) is 11.1. The molecule has 2 aliphatic rings. The Balaban J connectivity index is 1.17. The van der Waals surface area contributed by atoms with Gasteiger partial charge < -0.3 is 25.2 Å². The molecule has 2 aliphatic heterocycles. The van der Waals surface area contributed by atoms with Crippen molar-refractivity contribution in [3.05, 3.63) is 102 Å². The smallest absolute Gasteiger partial charge is 0.407 e. The lowest BCUT2D eigenvalue weighted by Gasteiger charge is -2.51. The minimum atomic E-state index is -0.883. The van der Waals surface area contributed by atoms with Crippen molar-refractivity contribution in [3.63, 3.8) is 0 Å². The summed E-state index contributed by atoms with van der Waals surface area (Å²) in [4.78, 5) is 48.1. The Bertz CT molecular complexity index is 1310. The van der Waals surface area contributed by atoms with Crippen LogP contribution in [-0.2, 0) is 33.9 Å². The van der Waals surface area contributed by atoms with Crippen LogP contribution in [-0.4, -0.2) is 70.5 Å². The number of rotatable bonds is 11. The van der Waals surface area contributed by atoms with Crippen LogP contribution in [0.5, 0.6) is 0 Å². The highest BCUT2D eigenvalue weighted by atomic mass is 16.5. The molecule has 42 heavy (non-hydrogen) atoms. The van der Waals surface area contributed by atoms with Gasteiger partial charge in [-0.2, -0.15) is 0 Å². The van der Waals surface area contributed by atoms with E-state index in [4.69, 9.17) is 4.74 Å². The lowest BCUT2D eigenvalue weighted by atomic mass is 9.81. The number of amides is 3. The Morgan fingerprint density at radius 3 is 2.33 bits per heavy atom. The molecule has 220 valence electrons. The molecule has 2 aromatic carbocycles. The monoisotopic (exact) mass is 569 g/mol. The van der Waals surface area contributed by atoms with Gasteiger partial charge in [0.15, 0.2) is 0 Å². The van der Waals surface area contributed by atoms with Gasteiger partial charge in [-0.3, -0.25) is 14.6 Å². The van der Waals surface area contributed by atoms with Gasteiger partial charge >= 0.3 is 6.09 Å². The first-order valence-corrected chi connectivity index (χ1v) is 14.8. The Morgan fingerprint density at radius 2 is 1.64 bits per heavy atom. The highest BCUT2D eigenvalue weighted by Gasteiger charge is 2.53. The van der Waals surface area contributed by atoms with Gasteiger partial charge in [0.1, 0.15) is 18.2 Å². The van der Waals surface area contributed by atoms with Crippen molar-refractivity contribution in [3.8, 4) is 0 Å². The highest BCUT2D eigenvalue weighted by molar-refractivity contribution is 6.00. The zero-order chi connectivity index (χ0) is 29.2. The molecule has 3 amide bonds. The van der Waals surface area contributed by atoms with Crippen molar-refractivity contribution in [2.24, 2.45) is 0 Å². The number of carbonyl (C=O) groups excluding carboxylic acids is 3. The van der Waals surface area contributed by atoms with Gasteiger partial charge in [-0.25, -0.2) is 4.79 Å². The predicted octanol–water partition coefficient (Wildman–Crippen LogP) is 3.69. The second-order valence-electron chi connectivity index (χ2n) is 11.1. The quantitative estimate of drug-likeness (QED) is 0.342. The number of aromatic nitrogens is 1. The van der Waals surface area contributed by atoms with Gasteiger partial charge in [0.2, 0.25) is 11.8 Å². The molecule has 3 aromatic rings. The van der Waals surface area contributed by atoms with E-state index in [9.17, 15) is 14.4 Å². The maximum Gasteiger partial charge on any atom is 0.407 e. The van der Waals surface area contributed by atoms with E-state index in [1.807, 2.05) is 48.5 Å². The van der Waals surface area contributed by atoms with Crippen LogP contribution in [0.1, 0.15) is 42.4 Å². The fourth-order valence-electron chi connectivity index (χ4n) is 5.82. The average Bonchev–Trinajstić information content (AvgIpc) is 3.04. The van der Waals surface area contributed by atoms with Crippen molar-refractivity contribution in [2.45, 2.75) is 56.8 Å². The normalized spacial score (nSPS) is 18.5. The van der Waals surface area contributed by atoms with Crippen LogP contribution in [0, 0.1) is 0 Å². The van der Waals surface area contributed by atoms with E-state index in [0.29, 0.717) is 38.8 Å². The van der Waals surface area contributed by atoms with E-state index in [1.165, 1.54) is 5.56 Å². The predicted molar refractivity (Wildman–Crippen MR) is 159 cm³/mol. The number of hydrogen-bond acceptors (Lipinski definition) is 6. The largest absolute Gasteiger partial charge is 0.445 e. The maximum atomic E-state index is 13.9. The third kappa shape index (κ3) is 7.33. The Hall–Kier alpha value is -4.24. The summed E-state index contributed by atoms with van der Waals surface area (Å²) >= 11 is 0. The number of pyridine rings is 1. The molecule has 0 unspecified atom stereocenters. The summed E-state index contributed by atoms with van der Waals surface area (Å²) in [5.41, 5.74) is 2.22. The molecular weight excluding hydrogens is 530 g/mol. The van der Waals surface area contributed by atoms with E-state index in [-0.39, 0.29) is 18.4 Å².